The minimum Gasteiger partial charge on any atom is -0.399 e. The van der Waals surface area contributed by atoms with Crippen LogP contribution in [0.5, 0.6) is 0 Å². The maximum atomic E-state index is 6.56. The molecule has 0 radical (unpaired) electrons. The van der Waals surface area contributed by atoms with Gasteiger partial charge in [-0.15, -0.1) is 0 Å². The minimum absolute atomic E-state index is 0.394. The highest BCUT2D eigenvalue weighted by Crippen LogP contribution is 2.64. The lowest BCUT2D eigenvalue weighted by atomic mass is 9.69. The lowest BCUT2D eigenvalue weighted by molar-refractivity contribution is 0.00578. The molecular formula is C39H40B2O4. The van der Waals surface area contributed by atoms with Crippen molar-refractivity contribution in [3.8, 4) is 22.3 Å². The van der Waals surface area contributed by atoms with Gasteiger partial charge in [-0.05, 0) is 135 Å². The first kappa shape index (κ1) is 28.1. The van der Waals surface area contributed by atoms with Crippen molar-refractivity contribution in [2.75, 3.05) is 0 Å². The first-order valence-corrected chi connectivity index (χ1v) is 16.5. The van der Waals surface area contributed by atoms with Crippen LogP contribution in [0.15, 0.2) is 72.8 Å². The van der Waals surface area contributed by atoms with E-state index in [0.717, 1.165) is 23.8 Å². The summed E-state index contributed by atoms with van der Waals surface area (Å²) in [6.45, 7) is 16.9. The van der Waals surface area contributed by atoms with Crippen molar-refractivity contribution < 1.29 is 18.6 Å². The van der Waals surface area contributed by atoms with Crippen LogP contribution in [-0.2, 0) is 36.9 Å². The summed E-state index contributed by atoms with van der Waals surface area (Å²) in [5.74, 6) is 0. The van der Waals surface area contributed by atoms with Crippen LogP contribution in [0.25, 0.3) is 22.3 Å². The van der Waals surface area contributed by atoms with E-state index in [1.807, 2.05) is 0 Å². The normalized spacial score (nSPS) is 22.9. The Kier molecular flexibility index (Phi) is 5.37. The molecule has 4 aromatic rings. The van der Waals surface area contributed by atoms with Crippen LogP contribution in [-0.4, -0.2) is 36.6 Å². The maximum Gasteiger partial charge on any atom is 0.494 e. The summed E-state index contributed by atoms with van der Waals surface area (Å²) in [5, 5.41) is 0. The van der Waals surface area contributed by atoms with Gasteiger partial charge in [0.1, 0.15) is 0 Å². The molecule has 0 unspecified atom stereocenters. The molecule has 9 rings (SSSR count). The van der Waals surface area contributed by atoms with Crippen molar-refractivity contribution in [2.24, 2.45) is 0 Å². The SMILES string of the molecule is CC1(C)OB(c2ccc3c(c2)-c2cc(B4OC(C)(C)C(C)(C)O4)ccc2C32c3cccc4c3-c3c(cccc32)CC4)OC1(C)C. The van der Waals surface area contributed by atoms with E-state index < -0.39 is 42.1 Å². The second-order valence-electron chi connectivity index (χ2n) is 15.7. The van der Waals surface area contributed by atoms with Crippen molar-refractivity contribution >= 4 is 25.2 Å². The van der Waals surface area contributed by atoms with Crippen LogP contribution in [0.1, 0.15) is 88.8 Å². The number of hydrogen-bond acceptors (Lipinski definition) is 4. The fourth-order valence-electron chi connectivity index (χ4n) is 8.45. The minimum atomic E-state index is -0.435. The third kappa shape index (κ3) is 3.44. The Labute approximate surface area is 267 Å². The average Bonchev–Trinajstić information content (AvgIpc) is 3.61. The molecule has 1 spiro atoms. The van der Waals surface area contributed by atoms with Gasteiger partial charge in [-0.25, -0.2) is 0 Å². The van der Waals surface area contributed by atoms with Crippen molar-refractivity contribution in [2.45, 2.75) is 96.1 Å². The van der Waals surface area contributed by atoms with E-state index in [1.54, 1.807) is 0 Å². The fraction of sp³-hybridized carbons (Fsp3) is 0.385. The first-order chi connectivity index (χ1) is 21.3. The smallest absolute Gasteiger partial charge is 0.399 e. The summed E-state index contributed by atoms with van der Waals surface area (Å²) >= 11 is 0. The second-order valence-corrected chi connectivity index (χ2v) is 15.7. The molecule has 3 aliphatic carbocycles. The molecule has 0 saturated carbocycles. The standard InChI is InChI=1S/C39H40B2O4/c1-35(2)36(3,4)43-40(42-35)25-17-19-29-27(21-25)28-22-26(41-44-37(5,6)38(7,8)45-41)18-20-30(28)39(29)31-13-9-11-23-15-16-24-12-10-14-32(39)34(24)33(23)31/h9-14,17-22H,15-16H2,1-8H3. The zero-order chi connectivity index (χ0) is 31.3. The van der Waals surface area contributed by atoms with Gasteiger partial charge in [0.05, 0.1) is 27.8 Å². The van der Waals surface area contributed by atoms with Gasteiger partial charge in [0.25, 0.3) is 0 Å². The highest BCUT2D eigenvalue weighted by molar-refractivity contribution is 6.63. The van der Waals surface area contributed by atoms with Crippen LogP contribution in [0, 0.1) is 0 Å². The monoisotopic (exact) mass is 594 g/mol. The van der Waals surface area contributed by atoms with Crippen molar-refractivity contribution in [1.82, 2.24) is 0 Å². The van der Waals surface area contributed by atoms with Gasteiger partial charge >= 0.3 is 14.2 Å². The molecule has 0 atom stereocenters. The number of fused-ring (bicyclic) bond motifs is 7. The molecule has 6 heteroatoms. The summed E-state index contributed by atoms with van der Waals surface area (Å²) < 4.78 is 26.2. The van der Waals surface area contributed by atoms with Gasteiger partial charge in [-0.2, -0.15) is 0 Å². The van der Waals surface area contributed by atoms with E-state index in [2.05, 4.69) is 128 Å². The Hall–Kier alpha value is -3.15. The van der Waals surface area contributed by atoms with E-state index in [4.69, 9.17) is 18.6 Å². The van der Waals surface area contributed by atoms with Gasteiger partial charge in [0.2, 0.25) is 0 Å². The van der Waals surface area contributed by atoms with Gasteiger partial charge in [-0.3, -0.25) is 0 Å². The predicted molar refractivity (Wildman–Crippen MR) is 182 cm³/mol. The Balaban J connectivity index is 1.30. The van der Waals surface area contributed by atoms with Crippen molar-refractivity contribution in [1.29, 1.82) is 0 Å². The number of benzene rings is 4. The van der Waals surface area contributed by atoms with Crippen molar-refractivity contribution in [3.05, 3.63) is 106 Å². The molecule has 0 amide bonds. The fourth-order valence-corrected chi connectivity index (χ4v) is 8.45. The van der Waals surface area contributed by atoms with Gasteiger partial charge in [0.15, 0.2) is 0 Å². The molecule has 4 aromatic carbocycles. The number of rotatable bonds is 2. The maximum absolute atomic E-state index is 6.56. The van der Waals surface area contributed by atoms with E-state index in [0.29, 0.717) is 0 Å². The van der Waals surface area contributed by atoms with Crippen LogP contribution < -0.4 is 10.9 Å². The highest BCUT2D eigenvalue weighted by Gasteiger charge is 2.56. The molecule has 0 aromatic heterocycles. The molecule has 0 bridgehead atoms. The molecule has 45 heavy (non-hydrogen) atoms. The quantitative estimate of drug-likeness (QED) is 0.209. The lowest BCUT2D eigenvalue weighted by Crippen LogP contribution is -2.41. The van der Waals surface area contributed by atoms with Gasteiger partial charge in [0, 0.05) is 0 Å². The van der Waals surface area contributed by atoms with E-state index in [-0.39, 0.29) is 0 Å². The summed E-state index contributed by atoms with van der Waals surface area (Å²) in [7, 11) is -0.870. The first-order valence-electron chi connectivity index (χ1n) is 16.5. The molecule has 4 nitrogen and oxygen atoms in total. The molecule has 2 saturated heterocycles. The molecule has 0 N–H and O–H groups in total. The van der Waals surface area contributed by atoms with Crippen LogP contribution in [0.3, 0.4) is 0 Å². The zero-order valence-corrected chi connectivity index (χ0v) is 27.6. The largest absolute Gasteiger partial charge is 0.494 e. The Bertz CT molecular complexity index is 1780. The number of hydrogen-bond donors (Lipinski definition) is 0. The Morgan fingerprint density at radius 2 is 0.844 bits per heavy atom. The molecule has 2 heterocycles. The number of aryl methyl sites for hydroxylation is 2. The molecular weight excluding hydrogens is 554 g/mol. The summed E-state index contributed by atoms with van der Waals surface area (Å²) in [5.41, 5.74) is 13.7. The van der Waals surface area contributed by atoms with E-state index >= 15 is 0 Å². The van der Waals surface area contributed by atoms with Gasteiger partial charge < -0.3 is 18.6 Å². The topological polar surface area (TPSA) is 36.9 Å². The Morgan fingerprint density at radius 1 is 0.467 bits per heavy atom. The molecule has 5 aliphatic rings. The third-order valence-corrected chi connectivity index (χ3v) is 12.3. The lowest BCUT2D eigenvalue weighted by Gasteiger charge is -2.32. The molecule has 2 aliphatic heterocycles. The van der Waals surface area contributed by atoms with E-state index in [1.165, 1.54) is 55.6 Å². The summed E-state index contributed by atoms with van der Waals surface area (Å²) in [6.07, 6.45) is 2.16. The van der Waals surface area contributed by atoms with Crippen LogP contribution in [0.4, 0.5) is 0 Å². The van der Waals surface area contributed by atoms with Crippen LogP contribution in [0.2, 0.25) is 0 Å². The van der Waals surface area contributed by atoms with Crippen LogP contribution >= 0.6 is 0 Å². The average molecular weight is 594 g/mol. The predicted octanol–water partition coefficient (Wildman–Crippen LogP) is 6.73. The molecule has 226 valence electrons. The summed E-state index contributed by atoms with van der Waals surface area (Å²) in [4.78, 5) is 0. The highest BCUT2D eigenvalue weighted by atomic mass is 16.7. The van der Waals surface area contributed by atoms with Gasteiger partial charge in [-0.1, -0.05) is 72.8 Å². The van der Waals surface area contributed by atoms with Crippen molar-refractivity contribution in [3.63, 3.8) is 0 Å². The summed E-state index contributed by atoms with van der Waals surface area (Å²) in [6, 6.07) is 27.7. The Morgan fingerprint density at radius 3 is 1.22 bits per heavy atom. The second kappa shape index (κ2) is 8.60. The molecule has 2 fully saturated rings. The zero-order valence-electron chi connectivity index (χ0n) is 27.6. The van der Waals surface area contributed by atoms with E-state index in [9.17, 15) is 0 Å². The third-order valence-electron chi connectivity index (χ3n) is 12.3.